The summed E-state index contributed by atoms with van der Waals surface area (Å²) in [6, 6.07) is 2.21. The van der Waals surface area contributed by atoms with Crippen molar-refractivity contribution in [2.45, 2.75) is 38.6 Å². The molecule has 0 radical (unpaired) electrons. The van der Waals surface area contributed by atoms with E-state index in [4.69, 9.17) is 0 Å². The monoisotopic (exact) mass is 207 g/mol. The summed E-state index contributed by atoms with van der Waals surface area (Å²) in [5.74, 6) is 0.848. The Hall–Kier alpha value is -1.32. The fourth-order valence-electron chi connectivity index (χ4n) is 2.17. The number of nitrogens with one attached hydrogen (secondary N) is 2. The van der Waals surface area contributed by atoms with Gasteiger partial charge in [0.2, 0.25) is 5.91 Å². The number of hydrogen-bond donors (Lipinski definition) is 2. The van der Waals surface area contributed by atoms with Crippen LogP contribution >= 0.6 is 0 Å². The predicted molar refractivity (Wildman–Crippen MR) is 57.2 cm³/mol. The summed E-state index contributed by atoms with van der Waals surface area (Å²) in [6.07, 6.45) is 5.55. The number of carbonyl (C=O) groups excluding carboxylic acids is 1. The number of nitrogens with zero attached hydrogens (tertiary/aromatic N) is 1. The van der Waals surface area contributed by atoms with E-state index in [0.29, 0.717) is 12.5 Å². The summed E-state index contributed by atoms with van der Waals surface area (Å²) in [5.41, 5.74) is 0.874. The van der Waals surface area contributed by atoms with Crippen molar-refractivity contribution in [3.8, 4) is 0 Å². The van der Waals surface area contributed by atoms with Gasteiger partial charge in [-0.25, -0.2) is 0 Å². The summed E-state index contributed by atoms with van der Waals surface area (Å²) in [4.78, 5) is 11.6. The van der Waals surface area contributed by atoms with E-state index in [2.05, 4.69) is 22.4 Å². The standard InChI is InChI=1S/C11H17N3O/c1-8-2-3-9(6-8)13-11(15)7-10-4-5-12-14-10/h4-5,8-9H,2-3,6-7H2,1H3,(H,12,14)(H,13,15). The second-order valence-electron chi connectivity index (χ2n) is 4.44. The average Bonchev–Trinajstić information content (AvgIpc) is 2.77. The summed E-state index contributed by atoms with van der Waals surface area (Å²) >= 11 is 0. The van der Waals surface area contributed by atoms with Crippen LogP contribution in [0.4, 0.5) is 0 Å². The molecule has 1 saturated carbocycles. The SMILES string of the molecule is CC1CCC(NC(=O)Cc2ccn[nH]2)C1. The Kier molecular flexibility index (Phi) is 3.04. The van der Waals surface area contributed by atoms with E-state index < -0.39 is 0 Å². The van der Waals surface area contributed by atoms with Gasteiger partial charge in [-0.05, 0) is 31.2 Å². The highest BCUT2D eigenvalue weighted by Crippen LogP contribution is 2.24. The minimum absolute atomic E-state index is 0.0957. The number of aromatic nitrogens is 2. The van der Waals surface area contributed by atoms with Crippen LogP contribution in [0, 0.1) is 5.92 Å². The zero-order chi connectivity index (χ0) is 10.7. The topological polar surface area (TPSA) is 57.8 Å². The molecular formula is C11H17N3O. The summed E-state index contributed by atoms with van der Waals surface area (Å²) in [6.45, 7) is 2.24. The maximum absolute atomic E-state index is 11.6. The molecule has 0 bridgehead atoms. The van der Waals surface area contributed by atoms with Crippen molar-refractivity contribution in [3.63, 3.8) is 0 Å². The lowest BCUT2D eigenvalue weighted by Gasteiger charge is -2.11. The molecule has 1 aliphatic carbocycles. The van der Waals surface area contributed by atoms with Crippen molar-refractivity contribution < 1.29 is 4.79 Å². The minimum Gasteiger partial charge on any atom is -0.353 e. The third-order valence-corrected chi connectivity index (χ3v) is 2.97. The Balaban J connectivity index is 1.78. The van der Waals surface area contributed by atoms with E-state index in [1.54, 1.807) is 6.20 Å². The number of carbonyl (C=O) groups is 1. The van der Waals surface area contributed by atoms with Crippen molar-refractivity contribution in [2.75, 3.05) is 0 Å². The first kappa shape index (κ1) is 10.2. The van der Waals surface area contributed by atoms with E-state index in [1.807, 2.05) is 6.07 Å². The van der Waals surface area contributed by atoms with Gasteiger partial charge in [0.05, 0.1) is 6.42 Å². The van der Waals surface area contributed by atoms with E-state index in [-0.39, 0.29) is 5.91 Å². The molecule has 2 N–H and O–H groups in total. The van der Waals surface area contributed by atoms with Gasteiger partial charge >= 0.3 is 0 Å². The van der Waals surface area contributed by atoms with Gasteiger partial charge in [0.25, 0.3) is 0 Å². The van der Waals surface area contributed by atoms with Crippen molar-refractivity contribution in [3.05, 3.63) is 18.0 Å². The van der Waals surface area contributed by atoms with Crippen LogP contribution in [-0.4, -0.2) is 22.1 Å². The van der Waals surface area contributed by atoms with Crippen LogP contribution in [0.15, 0.2) is 12.3 Å². The fraction of sp³-hybridized carbons (Fsp3) is 0.636. The summed E-state index contributed by atoms with van der Waals surface area (Å²) in [7, 11) is 0. The first-order valence-corrected chi connectivity index (χ1v) is 5.51. The normalized spacial score (nSPS) is 25.4. The van der Waals surface area contributed by atoms with Crippen LogP contribution < -0.4 is 5.32 Å². The van der Waals surface area contributed by atoms with Gasteiger partial charge in [0.1, 0.15) is 0 Å². The summed E-state index contributed by atoms with van der Waals surface area (Å²) in [5, 5.41) is 9.67. The number of amides is 1. The number of rotatable bonds is 3. The third kappa shape index (κ3) is 2.81. The quantitative estimate of drug-likeness (QED) is 0.784. The zero-order valence-electron chi connectivity index (χ0n) is 8.99. The van der Waals surface area contributed by atoms with E-state index in [9.17, 15) is 4.79 Å². The van der Waals surface area contributed by atoms with Crippen LogP contribution in [0.5, 0.6) is 0 Å². The predicted octanol–water partition coefficient (Wildman–Crippen LogP) is 1.26. The van der Waals surface area contributed by atoms with E-state index >= 15 is 0 Å². The van der Waals surface area contributed by atoms with Gasteiger partial charge < -0.3 is 5.32 Å². The first-order valence-electron chi connectivity index (χ1n) is 5.51. The first-order chi connectivity index (χ1) is 7.24. The van der Waals surface area contributed by atoms with Gasteiger partial charge in [-0.2, -0.15) is 5.10 Å². The Morgan fingerprint density at radius 1 is 1.67 bits per heavy atom. The largest absolute Gasteiger partial charge is 0.353 e. The molecule has 82 valence electrons. The number of H-pyrrole nitrogens is 1. The van der Waals surface area contributed by atoms with Gasteiger partial charge in [-0.1, -0.05) is 6.92 Å². The molecule has 4 nitrogen and oxygen atoms in total. The average molecular weight is 207 g/mol. The molecule has 2 rings (SSSR count). The zero-order valence-corrected chi connectivity index (χ0v) is 8.99. The molecule has 2 atom stereocenters. The maximum Gasteiger partial charge on any atom is 0.226 e. The molecule has 4 heteroatoms. The molecule has 0 saturated heterocycles. The van der Waals surface area contributed by atoms with Gasteiger partial charge in [-0.15, -0.1) is 0 Å². The molecule has 1 heterocycles. The van der Waals surface area contributed by atoms with Crippen molar-refractivity contribution in [1.82, 2.24) is 15.5 Å². The molecule has 1 amide bonds. The number of hydrogen-bond acceptors (Lipinski definition) is 2. The Morgan fingerprint density at radius 3 is 3.13 bits per heavy atom. The Bertz CT molecular complexity index is 321. The van der Waals surface area contributed by atoms with Crippen molar-refractivity contribution in [2.24, 2.45) is 5.92 Å². The highest BCUT2D eigenvalue weighted by molar-refractivity contribution is 5.78. The van der Waals surface area contributed by atoms with Crippen molar-refractivity contribution >= 4 is 5.91 Å². The molecule has 0 aromatic carbocycles. The van der Waals surface area contributed by atoms with E-state index in [0.717, 1.165) is 24.5 Å². The molecule has 2 unspecified atom stereocenters. The number of aromatic amines is 1. The van der Waals surface area contributed by atoms with Crippen LogP contribution in [0.2, 0.25) is 0 Å². The smallest absolute Gasteiger partial charge is 0.226 e. The second kappa shape index (κ2) is 4.47. The van der Waals surface area contributed by atoms with E-state index in [1.165, 1.54) is 6.42 Å². The van der Waals surface area contributed by atoms with Crippen LogP contribution in [0.1, 0.15) is 31.9 Å². The minimum atomic E-state index is 0.0957. The van der Waals surface area contributed by atoms with Crippen molar-refractivity contribution in [1.29, 1.82) is 0 Å². The molecule has 0 spiro atoms. The molecule has 1 aromatic heterocycles. The lowest BCUT2D eigenvalue weighted by molar-refractivity contribution is -0.121. The molecule has 1 aliphatic rings. The molecule has 1 aromatic rings. The van der Waals surface area contributed by atoms with Gasteiger partial charge in [0.15, 0.2) is 0 Å². The Labute approximate surface area is 89.5 Å². The second-order valence-corrected chi connectivity index (χ2v) is 4.44. The Morgan fingerprint density at radius 2 is 2.53 bits per heavy atom. The lowest BCUT2D eigenvalue weighted by Crippen LogP contribution is -2.34. The molecule has 15 heavy (non-hydrogen) atoms. The van der Waals surface area contributed by atoms with Crippen LogP contribution in [-0.2, 0) is 11.2 Å². The van der Waals surface area contributed by atoms with Crippen LogP contribution in [0.3, 0.4) is 0 Å². The van der Waals surface area contributed by atoms with Gasteiger partial charge in [0, 0.05) is 17.9 Å². The molecular weight excluding hydrogens is 190 g/mol. The maximum atomic E-state index is 11.6. The third-order valence-electron chi connectivity index (χ3n) is 2.97. The highest BCUT2D eigenvalue weighted by atomic mass is 16.1. The molecule has 1 fully saturated rings. The van der Waals surface area contributed by atoms with Gasteiger partial charge in [-0.3, -0.25) is 9.89 Å². The highest BCUT2D eigenvalue weighted by Gasteiger charge is 2.22. The summed E-state index contributed by atoms with van der Waals surface area (Å²) < 4.78 is 0. The fourth-order valence-corrected chi connectivity index (χ4v) is 2.17. The van der Waals surface area contributed by atoms with Crippen LogP contribution in [0.25, 0.3) is 0 Å². The lowest BCUT2D eigenvalue weighted by atomic mass is 10.1. The molecule has 0 aliphatic heterocycles.